The summed E-state index contributed by atoms with van der Waals surface area (Å²) >= 11 is 0. The third-order valence-electron chi connectivity index (χ3n) is 1.83. The normalized spacial score (nSPS) is 22.9. The Balaban J connectivity index is 2.43. The summed E-state index contributed by atoms with van der Waals surface area (Å²) in [5.41, 5.74) is 4.90. The zero-order chi connectivity index (χ0) is 7.61. The van der Waals surface area contributed by atoms with Crippen LogP contribution in [0.15, 0.2) is 0 Å². The highest BCUT2D eigenvalue weighted by Crippen LogP contribution is 2.15. The second-order valence-corrected chi connectivity index (χ2v) is 2.84. The number of primary amides is 1. The van der Waals surface area contributed by atoms with E-state index in [0.717, 1.165) is 12.8 Å². The van der Waals surface area contributed by atoms with Crippen LogP contribution in [0, 0.1) is 5.21 Å². The molecule has 0 bridgehead atoms. The molecule has 0 atom stereocenters. The van der Waals surface area contributed by atoms with Crippen molar-refractivity contribution in [1.82, 2.24) is 0 Å². The zero-order valence-corrected chi connectivity index (χ0v) is 5.88. The maximum Gasteiger partial charge on any atom is 0.272 e. The van der Waals surface area contributed by atoms with E-state index in [1.165, 1.54) is 0 Å². The van der Waals surface area contributed by atoms with Gasteiger partial charge in [0.25, 0.3) is 5.91 Å². The molecule has 10 heavy (non-hydrogen) atoms. The predicted molar refractivity (Wildman–Crippen MR) is 36.7 cm³/mol. The molecule has 0 aromatic rings. The Hall–Kier alpha value is -0.610. The smallest absolute Gasteiger partial charge is 0.272 e. The van der Waals surface area contributed by atoms with Gasteiger partial charge in [-0.15, -0.1) is 0 Å². The SMILES string of the molecule is NC(=O)C[N+]1([O-])CCCC1. The Morgan fingerprint density at radius 1 is 1.50 bits per heavy atom. The number of hydrogen-bond donors (Lipinski definition) is 1. The number of rotatable bonds is 2. The van der Waals surface area contributed by atoms with Gasteiger partial charge in [0.05, 0.1) is 13.1 Å². The number of carbonyl (C=O) groups is 1. The molecule has 58 valence electrons. The number of hydrogen-bond acceptors (Lipinski definition) is 2. The van der Waals surface area contributed by atoms with Gasteiger partial charge in [-0.1, -0.05) is 0 Å². The Morgan fingerprint density at radius 3 is 2.40 bits per heavy atom. The Morgan fingerprint density at radius 2 is 2.00 bits per heavy atom. The van der Waals surface area contributed by atoms with Crippen molar-refractivity contribution in [1.29, 1.82) is 0 Å². The van der Waals surface area contributed by atoms with Crippen molar-refractivity contribution in [2.45, 2.75) is 12.8 Å². The molecular weight excluding hydrogens is 132 g/mol. The van der Waals surface area contributed by atoms with E-state index in [1.807, 2.05) is 0 Å². The summed E-state index contributed by atoms with van der Waals surface area (Å²) in [5, 5.41) is 11.3. The van der Waals surface area contributed by atoms with Crippen LogP contribution in [0.5, 0.6) is 0 Å². The lowest BCUT2D eigenvalue weighted by Crippen LogP contribution is -2.45. The van der Waals surface area contributed by atoms with E-state index in [2.05, 4.69) is 0 Å². The maximum absolute atomic E-state index is 11.3. The molecule has 0 spiro atoms. The lowest BCUT2D eigenvalue weighted by molar-refractivity contribution is -0.859. The number of likely N-dealkylation sites (tertiary alicyclic amines) is 1. The van der Waals surface area contributed by atoms with Crippen LogP contribution < -0.4 is 5.73 Å². The average molecular weight is 144 g/mol. The molecule has 4 heteroatoms. The quantitative estimate of drug-likeness (QED) is 0.422. The third-order valence-corrected chi connectivity index (χ3v) is 1.83. The van der Waals surface area contributed by atoms with Crippen LogP contribution in [0.4, 0.5) is 0 Å². The first-order chi connectivity index (χ1) is 4.62. The summed E-state index contributed by atoms with van der Waals surface area (Å²) < 4.78 is -0.394. The van der Waals surface area contributed by atoms with Gasteiger partial charge in [-0.05, 0) is 0 Å². The van der Waals surface area contributed by atoms with Gasteiger partial charge >= 0.3 is 0 Å². The van der Waals surface area contributed by atoms with Gasteiger partial charge in [0.15, 0.2) is 6.54 Å². The number of amides is 1. The van der Waals surface area contributed by atoms with Gasteiger partial charge < -0.3 is 15.6 Å². The van der Waals surface area contributed by atoms with Crippen LogP contribution in [0.2, 0.25) is 0 Å². The van der Waals surface area contributed by atoms with E-state index in [1.54, 1.807) is 0 Å². The molecule has 0 aromatic heterocycles. The predicted octanol–water partition coefficient (Wildman–Crippen LogP) is -0.420. The van der Waals surface area contributed by atoms with Crippen molar-refractivity contribution in [3.05, 3.63) is 5.21 Å². The van der Waals surface area contributed by atoms with E-state index in [4.69, 9.17) is 5.73 Å². The van der Waals surface area contributed by atoms with E-state index >= 15 is 0 Å². The van der Waals surface area contributed by atoms with Gasteiger partial charge in [0.1, 0.15) is 0 Å². The summed E-state index contributed by atoms with van der Waals surface area (Å²) in [7, 11) is 0. The van der Waals surface area contributed by atoms with Crippen LogP contribution in [-0.2, 0) is 4.79 Å². The van der Waals surface area contributed by atoms with Crippen molar-refractivity contribution in [2.24, 2.45) is 5.73 Å². The van der Waals surface area contributed by atoms with Crippen molar-refractivity contribution in [2.75, 3.05) is 19.6 Å². The lowest BCUT2D eigenvalue weighted by Gasteiger charge is -2.36. The Bertz CT molecular complexity index is 141. The molecule has 0 aliphatic carbocycles. The van der Waals surface area contributed by atoms with E-state index in [0.29, 0.717) is 13.1 Å². The first-order valence-electron chi connectivity index (χ1n) is 3.48. The molecule has 0 radical (unpaired) electrons. The third kappa shape index (κ3) is 1.68. The second kappa shape index (κ2) is 2.56. The molecule has 1 aliphatic rings. The van der Waals surface area contributed by atoms with Gasteiger partial charge in [0.2, 0.25) is 0 Å². The fourth-order valence-corrected chi connectivity index (χ4v) is 1.35. The fourth-order valence-electron chi connectivity index (χ4n) is 1.35. The summed E-state index contributed by atoms with van der Waals surface area (Å²) in [6.45, 7) is 1.08. The maximum atomic E-state index is 11.3. The van der Waals surface area contributed by atoms with Gasteiger partial charge in [-0.25, -0.2) is 0 Å². The zero-order valence-electron chi connectivity index (χ0n) is 5.88. The monoisotopic (exact) mass is 144 g/mol. The second-order valence-electron chi connectivity index (χ2n) is 2.84. The minimum Gasteiger partial charge on any atom is -0.632 e. The number of nitrogens with two attached hydrogens (primary N) is 1. The summed E-state index contributed by atoms with van der Waals surface area (Å²) in [6, 6.07) is 0. The molecule has 1 amide bonds. The van der Waals surface area contributed by atoms with Crippen LogP contribution in [0.25, 0.3) is 0 Å². The number of hydroxylamine groups is 3. The first-order valence-corrected chi connectivity index (χ1v) is 3.48. The molecule has 2 N–H and O–H groups in total. The molecule has 0 unspecified atom stereocenters. The highest BCUT2D eigenvalue weighted by molar-refractivity contribution is 5.74. The fraction of sp³-hybridized carbons (Fsp3) is 0.833. The first kappa shape index (κ1) is 7.50. The van der Waals surface area contributed by atoms with Gasteiger partial charge in [-0.3, -0.25) is 4.79 Å². The van der Waals surface area contributed by atoms with Crippen LogP contribution >= 0.6 is 0 Å². The van der Waals surface area contributed by atoms with Crippen molar-refractivity contribution in [3.63, 3.8) is 0 Å². The van der Waals surface area contributed by atoms with Crippen LogP contribution in [0.1, 0.15) is 12.8 Å². The Kier molecular flexibility index (Phi) is 1.92. The van der Waals surface area contributed by atoms with Gasteiger partial charge in [-0.2, -0.15) is 0 Å². The van der Waals surface area contributed by atoms with Crippen molar-refractivity contribution in [3.8, 4) is 0 Å². The highest BCUT2D eigenvalue weighted by Gasteiger charge is 2.24. The summed E-state index contributed by atoms with van der Waals surface area (Å²) in [6.07, 6.45) is 1.85. The highest BCUT2D eigenvalue weighted by atomic mass is 16.5. The molecule has 0 saturated carbocycles. The minimum absolute atomic E-state index is 0.0417. The lowest BCUT2D eigenvalue weighted by atomic mass is 10.4. The van der Waals surface area contributed by atoms with Crippen LogP contribution in [-0.4, -0.2) is 30.2 Å². The molecule has 1 aliphatic heterocycles. The Labute approximate surface area is 59.8 Å². The largest absolute Gasteiger partial charge is 0.632 e. The standard InChI is InChI=1S/C6H12N2O2/c7-6(9)5-8(10)3-1-2-4-8/h1-5H2,(H2,7,9). The molecule has 1 rings (SSSR count). The topological polar surface area (TPSA) is 66.2 Å². The summed E-state index contributed by atoms with van der Waals surface area (Å²) in [4.78, 5) is 10.4. The van der Waals surface area contributed by atoms with Crippen molar-refractivity contribution >= 4 is 5.91 Å². The number of carbonyl (C=O) groups excluding carboxylic acids is 1. The molecule has 0 aromatic carbocycles. The number of quaternary nitrogens is 1. The van der Waals surface area contributed by atoms with Crippen LogP contribution in [0.3, 0.4) is 0 Å². The minimum atomic E-state index is -0.489. The molecule has 4 nitrogen and oxygen atoms in total. The van der Waals surface area contributed by atoms with E-state index in [-0.39, 0.29) is 6.54 Å². The molecular formula is C6H12N2O2. The average Bonchev–Trinajstić information content (AvgIpc) is 2.12. The number of nitrogens with zero attached hydrogens (tertiary/aromatic N) is 1. The van der Waals surface area contributed by atoms with Gasteiger partial charge in [0, 0.05) is 12.8 Å². The molecule has 1 saturated heterocycles. The van der Waals surface area contributed by atoms with E-state index in [9.17, 15) is 10.0 Å². The molecule has 1 heterocycles. The molecule has 1 fully saturated rings. The van der Waals surface area contributed by atoms with E-state index < -0.39 is 10.6 Å². The van der Waals surface area contributed by atoms with Crippen molar-refractivity contribution < 1.29 is 9.44 Å². The summed E-state index contributed by atoms with van der Waals surface area (Å²) in [5.74, 6) is -0.489.